The molecular weight excluding hydrogens is 200 g/mol. The van der Waals surface area contributed by atoms with Crippen LogP contribution in [0.4, 0.5) is 0 Å². The molecule has 0 aliphatic heterocycles. The van der Waals surface area contributed by atoms with Crippen LogP contribution in [0.1, 0.15) is 51.9 Å². The highest BCUT2D eigenvalue weighted by Crippen LogP contribution is 2.16. The van der Waals surface area contributed by atoms with Crippen LogP contribution in [0.2, 0.25) is 0 Å². The maximum Gasteiger partial charge on any atom is 0.155 e. The van der Waals surface area contributed by atoms with E-state index in [1.54, 1.807) is 12.2 Å². The standard InChI is InChI=1S/C14H20O2/c1-2-3-4-7-13(15)10-9-12-6-5-8-14(16)11-12/h9-11H,2-8H2,1H3/b10-9+. The summed E-state index contributed by atoms with van der Waals surface area (Å²) < 4.78 is 0. The van der Waals surface area contributed by atoms with Gasteiger partial charge in [0.25, 0.3) is 0 Å². The monoisotopic (exact) mass is 220 g/mol. The lowest BCUT2D eigenvalue weighted by Gasteiger charge is -2.07. The molecule has 0 fully saturated rings. The first-order chi connectivity index (χ1) is 7.72. The largest absolute Gasteiger partial charge is 0.295 e. The summed E-state index contributed by atoms with van der Waals surface area (Å²) in [5, 5.41) is 0. The molecule has 1 rings (SSSR count). The fourth-order valence-electron chi connectivity index (χ4n) is 1.78. The molecule has 0 N–H and O–H groups in total. The molecular formula is C14H20O2. The fourth-order valence-corrected chi connectivity index (χ4v) is 1.78. The van der Waals surface area contributed by atoms with Crippen LogP contribution in [0.5, 0.6) is 0 Å². The van der Waals surface area contributed by atoms with E-state index < -0.39 is 0 Å². The number of carbonyl (C=O) groups excluding carboxylic acids is 2. The lowest BCUT2D eigenvalue weighted by molar-refractivity contribution is -0.115. The fraction of sp³-hybridized carbons (Fsp3) is 0.571. The van der Waals surface area contributed by atoms with Gasteiger partial charge in [-0.1, -0.05) is 25.8 Å². The van der Waals surface area contributed by atoms with Crippen LogP contribution in [-0.4, -0.2) is 11.6 Å². The van der Waals surface area contributed by atoms with Gasteiger partial charge in [0.1, 0.15) is 0 Å². The summed E-state index contributed by atoms with van der Waals surface area (Å²) in [6.07, 6.45) is 11.4. The molecule has 0 heterocycles. The van der Waals surface area contributed by atoms with Gasteiger partial charge in [-0.15, -0.1) is 0 Å². The zero-order chi connectivity index (χ0) is 11.8. The molecule has 2 heteroatoms. The Hall–Kier alpha value is -1.18. The smallest absolute Gasteiger partial charge is 0.155 e. The van der Waals surface area contributed by atoms with E-state index in [0.29, 0.717) is 12.8 Å². The van der Waals surface area contributed by atoms with Crippen molar-refractivity contribution >= 4 is 11.6 Å². The molecule has 0 atom stereocenters. The maximum atomic E-state index is 11.4. The zero-order valence-corrected chi connectivity index (χ0v) is 10.00. The van der Waals surface area contributed by atoms with Crippen LogP contribution in [0.15, 0.2) is 23.8 Å². The minimum Gasteiger partial charge on any atom is -0.295 e. The topological polar surface area (TPSA) is 34.1 Å². The average Bonchev–Trinajstić information content (AvgIpc) is 2.27. The predicted octanol–water partition coefficient (Wildman–Crippen LogP) is 3.37. The Morgan fingerprint density at radius 2 is 2.19 bits per heavy atom. The Bertz CT molecular complexity index is 311. The molecule has 0 saturated heterocycles. The van der Waals surface area contributed by atoms with Crippen LogP contribution in [0.25, 0.3) is 0 Å². The molecule has 2 nitrogen and oxygen atoms in total. The summed E-state index contributed by atoms with van der Waals surface area (Å²) in [6, 6.07) is 0. The number of hydrogen-bond donors (Lipinski definition) is 0. The van der Waals surface area contributed by atoms with Crippen molar-refractivity contribution in [2.24, 2.45) is 0 Å². The van der Waals surface area contributed by atoms with Gasteiger partial charge in [0.15, 0.2) is 11.6 Å². The van der Waals surface area contributed by atoms with E-state index in [4.69, 9.17) is 0 Å². The van der Waals surface area contributed by atoms with Gasteiger partial charge in [-0.3, -0.25) is 9.59 Å². The third kappa shape index (κ3) is 5.06. The van der Waals surface area contributed by atoms with Gasteiger partial charge in [-0.25, -0.2) is 0 Å². The SMILES string of the molecule is CCCCCC(=O)/C=C/C1=CC(=O)CCC1. The predicted molar refractivity (Wildman–Crippen MR) is 65.2 cm³/mol. The van der Waals surface area contributed by atoms with E-state index in [0.717, 1.165) is 37.7 Å². The number of allylic oxidation sites excluding steroid dienone is 4. The molecule has 0 aromatic rings. The van der Waals surface area contributed by atoms with Crippen molar-refractivity contribution < 1.29 is 9.59 Å². The van der Waals surface area contributed by atoms with Crippen molar-refractivity contribution in [3.05, 3.63) is 23.8 Å². The van der Waals surface area contributed by atoms with Crippen molar-refractivity contribution in [2.45, 2.75) is 51.9 Å². The number of rotatable bonds is 6. The quantitative estimate of drug-likeness (QED) is 0.508. The summed E-state index contributed by atoms with van der Waals surface area (Å²) >= 11 is 0. The minimum absolute atomic E-state index is 0.173. The Morgan fingerprint density at radius 3 is 2.88 bits per heavy atom. The lowest BCUT2D eigenvalue weighted by Crippen LogP contribution is -2.01. The van der Waals surface area contributed by atoms with Gasteiger partial charge in [0.05, 0.1) is 0 Å². The van der Waals surface area contributed by atoms with Gasteiger partial charge in [0.2, 0.25) is 0 Å². The molecule has 88 valence electrons. The summed E-state index contributed by atoms with van der Waals surface area (Å²) in [4.78, 5) is 22.6. The molecule has 0 bridgehead atoms. The normalized spacial score (nSPS) is 16.6. The summed E-state index contributed by atoms with van der Waals surface area (Å²) in [6.45, 7) is 2.12. The zero-order valence-electron chi connectivity index (χ0n) is 10.00. The molecule has 0 aromatic carbocycles. The molecule has 16 heavy (non-hydrogen) atoms. The van der Waals surface area contributed by atoms with Crippen LogP contribution < -0.4 is 0 Å². The van der Waals surface area contributed by atoms with Gasteiger partial charge >= 0.3 is 0 Å². The number of ketones is 2. The second-order valence-corrected chi connectivity index (χ2v) is 4.30. The van der Waals surface area contributed by atoms with Crippen LogP contribution in [-0.2, 0) is 9.59 Å². The molecule has 0 spiro atoms. The lowest BCUT2D eigenvalue weighted by atomic mass is 9.98. The Morgan fingerprint density at radius 1 is 1.38 bits per heavy atom. The van der Waals surface area contributed by atoms with Gasteiger partial charge in [-0.2, -0.15) is 0 Å². The molecule has 0 aromatic heterocycles. The van der Waals surface area contributed by atoms with Gasteiger partial charge in [0, 0.05) is 12.8 Å². The minimum atomic E-state index is 0.173. The van der Waals surface area contributed by atoms with Crippen molar-refractivity contribution in [2.75, 3.05) is 0 Å². The highest BCUT2D eigenvalue weighted by atomic mass is 16.1. The Balaban J connectivity index is 2.35. The first-order valence-electron chi connectivity index (χ1n) is 6.16. The van der Waals surface area contributed by atoms with E-state index in [9.17, 15) is 9.59 Å². The van der Waals surface area contributed by atoms with E-state index in [1.165, 1.54) is 0 Å². The summed E-state index contributed by atoms with van der Waals surface area (Å²) in [5.41, 5.74) is 1.00. The second-order valence-electron chi connectivity index (χ2n) is 4.30. The highest BCUT2D eigenvalue weighted by molar-refractivity contribution is 5.93. The van der Waals surface area contributed by atoms with E-state index >= 15 is 0 Å². The van der Waals surface area contributed by atoms with Crippen molar-refractivity contribution in [1.82, 2.24) is 0 Å². The summed E-state index contributed by atoms with van der Waals surface area (Å²) in [5.74, 6) is 0.358. The maximum absolute atomic E-state index is 11.4. The van der Waals surface area contributed by atoms with E-state index in [1.807, 2.05) is 6.08 Å². The molecule has 0 amide bonds. The molecule has 1 aliphatic rings. The van der Waals surface area contributed by atoms with Gasteiger partial charge in [-0.05, 0) is 37.0 Å². The first-order valence-corrected chi connectivity index (χ1v) is 6.16. The molecule has 0 radical (unpaired) electrons. The summed E-state index contributed by atoms with van der Waals surface area (Å²) in [7, 11) is 0. The van der Waals surface area contributed by atoms with Crippen molar-refractivity contribution in [1.29, 1.82) is 0 Å². The second kappa shape index (κ2) is 7.15. The Kier molecular flexibility index (Phi) is 5.76. The van der Waals surface area contributed by atoms with Crippen molar-refractivity contribution in [3.8, 4) is 0 Å². The Labute approximate surface area is 97.4 Å². The molecule has 0 saturated carbocycles. The third-order valence-corrected chi connectivity index (χ3v) is 2.75. The highest BCUT2D eigenvalue weighted by Gasteiger charge is 2.07. The first kappa shape index (κ1) is 12.9. The van der Waals surface area contributed by atoms with Crippen LogP contribution in [0, 0.1) is 0 Å². The van der Waals surface area contributed by atoms with Crippen LogP contribution >= 0.6 is 0 Å². The number of unbranched alkanes of at least 4 members (excludes halogenated alkanes) is 2. The third-order valence-electron chi connectivity index (χ3n) is 2.75. The number of hydrogen-bond acceptors (Lipinski definition) is 2. The van der Waals surface area contributed by atoms with Crippen LogP contribution in [0.3, 0.4) is 0 Å². The average molecular weight is 220 g/mol. The van der Waals surface area contributed by atoms with Crippen molar-refractivity contribution in [3.63, 3.8) is 0 Å². The molecule has 0 unspecified atom stereocenters. The molecule has 1 aliphatic carbocycles. The van der Waals surface area contributed by atoms with E-state index in [-0.39, 0.29) is 11.6 Å². The van der Waals surface area contributed by atoms with E-state index in [2.05, 4.69) is 6.92 Å². The number of carbonyl (C=O) groups is 2. The van der Waals surface area contributed by atoms with Gasteiger partial charge < -0.3 is 0 Å².